The second kappa shape index (κ2) is 9.67. The van der Waals surface area contributed by atoms with Gasteiger partial charge >= 0.3 is 0 Å². The fourth-order valence-electron chi connectivity index (χ4n) is 2.82. The number of unbranched alkanes of at least 4 members (excludes halogenated alkanes) is 1. The van der Waals surface area contributed by atoms with Gasteiger partial charge in [-0.1, -0.05) is 61.9 Å². The zero-order valence-corrected chi connectivity index (χ0v) is 16.9. The topological polar surface area (TPSA) is 74.9 Å². The van der Waals surface area contributed by atoms with Gasteiger partial charge in [0.1, 0.15) is 10.7 Å². The lowest BCUT2D eigenvalue weighted by Crippen LogP contribution is -2.34. The normalized spacial score (nSPS) is 12.3. The molecule has 146 valence electrons. The van der Waals surface area contributed by atoms with Crippen LogP contribution in [-0.4, -0.2) is 17.0 Å². The van der Waals surface area contributed by atoms with Crippen LogP contribution in [0.2, 0.25) is 0 Å². The van der Waals surface area contributed by atoms with E-state index in [1.807, 2.05) is 61.5 Å². The number of nitriles is 1. The monoisotopic (exact) mass is 403 g/mol. The number of carbonyl (C=O) groups is 1. The summed E-state index contributed by atoms with van der Waals surface area (Å²) < 4.78 is 2.24. The summed E-state index contributed by atoms with van der Waals surface area (Å²) in [6.45, 7) is 2.52. The lowest BCUT2D eigenvalue weighted by Gasteiger charge is -2.05. The van der Waals surface area contributed by atoms with Gasteiger partial charge < -0.3 is 5.32 Å². The van der Waals surface area contributed by atoms with E-state index in [4.69, 9.17) is 0 Å². The standard InChI is InChI=1S/C23H21N3O2S/c1-2-3-14-25-21(27)19(16-24)23-26(18-12-8-5-9-13-18)22(28)20(29-23)15-17-10-6-4-7-11-17/h4-13,15H,2-3,14H2,1H3,(H,25,27)/b20-15-,23-19-. The molecular formula is C23H21N3O2S. The third kappa shape index (κ3) is 4.71. The summed E-state index contributed by atoms with van der Waals surface area (Å²) in [6, 6.07) is 20.5. The summed E-state index contributed by atoms with van der Waals surface area (Å²) in [5, 5.41) is 12.5. The predicted octanol–water partition coefficient (Wildman–Crippen LogP) is 2.32. The van der Waals surface area contributed by atoms with Gasteiger partial charge in [-0.05, 0) is 30.2 Å². The first-order chi connectivity index (χ1) is 14.2. The van der Waals surface area contributed by atoms with Gasteiger partial charge in [-0.25, -0.2) is 0 Å². The highest BCUT2D eigenvalue weighted by Gasteiger charge is 2.16. The highest BCUT2D eigenvalue weighted by molar-refractivity contribution is 7.07. The molecule has 1 aromatic heterocycles. The quantitative estimate of drug-likeness (QED) is 0.642. The first-order valence-electron chi connectivity index (χ1n) is 9.42. The van der Waals surface area contributed by atoms with E-state index < -0.39 is 5.91 Å². The Hall–Kier alpha value is -3.43. The van der Waals surface area contributed by atoms with Crippen LogP contribution in [0.25, 0.3) is 17.3 Å². The van der Waals surface area contributed by atoms with Crippen molar-refractivity contribution in [2.75, 3.05) is 6.54 Å². The SMILES string of the molecule is CCCCNC(=O)/C(C#N)=c1\s/c(=C\c2ccccc2)c(=O)n1-c1ccccc1. The van der Waals surface area contributed by atoms with Crippen LogP contribution in [0.15, 0.2) is 65.5 Å². The minimum Gasteiger partial charge on any atom is -0.351 e. The van der Waals surface area contributed by atoms with Crippen molar-refractivity contribution in [3.05, 3.63) is 85.8 Å². The molecule has 3 aromatic rings. The molecule has 0 aliphatic heterocycles. The maximum absolute atomic E-state index is 13.2. The number of rotatable bonds is 6. The van der Waals surface area contributed by atoms with Crippen molar-refractivity contribution >= 4 is 28.9 Å². The Morgan fingerprint density at radius 1 is 1.14 bits per heavy atom. The van der Waals surface area contributed by atoms with Crippen molar-refractivity contribution < 1.29 is 4.79 Å². The summed E-state index contributed by atoms with van der Waals surface area (Å²) in [7, 11) is 0. The maximum Gasteiger partial charge on any atom is 0.273 e. The smallest absolute Gasteiger partial charge is 0.273 e. The zero-order chi connectivity index (χ0) is 20.6. The van der Waals surface area contributed by atoms with Crippen molar-refractivity contribution in [1.29, 1.82) is 5.26 Å². The molecule has 1 amide bonds. The van der Waals surface area contributed by atoms with E-state index in [-0.39, 0.29) is 11.1 Å². The van der Waals surface area contributed by atoms with Gasteiger partial charge in [0.15, 0.2) is 5.57 Å². The van der Waals surface area contributed by atoms with Crippen LogP contribution in [0.3, 0.4) is 0 Å². The molecule has 1 heterocycles. The minimum atomic E-state index is -0.460. The molecule has 0 atom stereocenters. The Morgan fingerprint density at radius 2 is 1.79 bits per heavy atom. The van der Waals surface area contributed by atoms with Gasteiger partial charge in [-0.15, -0.1) is 11.3 Å². The van der Waals surface area contributed by atoms with Crippen molar-refractivity contribution in [1.82, 2.24) is 9.88 Å². The molecule has 3 rings (SSSR count). The van der Waals surface area contributed by atoms with E-state index in [1.165, 1.54) is 4.57 Å². The first kappa shape index (κ1) is 20.3. The van der Waals surface area contributed by atoms with Crippen molar-refractivity contribution in [2.45, 2.75) is 19.8 Å². The third-order valence-electron chi connectivity index (χ3n) is 4.30. The summed E-state index contributed by atoms with van der Waals surface area (Å²) in [4.78, 5) is 25.8. The van der Waals surface area contributed by atoms with E-state index in [2.05, 4.69) is 5.32 Å². The molecule has 0 bridgehead atoms. The molecule has 1 N–H and O–H groups in total. The number of para-hydroxylation sites is 1. The summed E-state index contributed by atoms with van der Waals surface area (Å²) in [5.41, 5.74) is 1.18. The van der Waals surface area contributed by atoms with Crippen LogP contribution in [0.5, 0.6) is 0 Å². The number of hydrogen-bond donors (Lipinski definition) is 1. The minimum absolute atomic E-state index is 0.0558. The van der Waals surface area contributed by atoms with Gasteiger partial charge in [0.2, 0.25) is 0 Å². The van der Waals surface area contributed by atoms with E-state index in [0.717, 1.165) is 29.7 Å². The molecule has 0 unspecified atom stereocenters. The van der Waals surface area contributed by atoms with E-state index in [9.17, 15) is 14.9 Å². The first-order valence-corrected chi connectivity index (χ1v) is 10.2. The van der Waals surface area contributed by atoms with Crippen LogP contribution < -0.4 is 20.1 Å². The summed E-state index contributed by atoms with van der Waals surface area (Å²) in [5.74, 6) is -0.460. The average Bonchev–Trinajstić information content (AvgIpc) is 3.06. The highest BCUT2D eigenvalue weighted by Crippen LogP contribution is 2.04. The molecule has 29 heavy (non-hydrogen) atoms. The molecule has 0 fully saturated rings. The van der Waals surface area contributed by atoms with Crippen molar-refractivity contribution in [2.24, 2.45) is 0 Å². The molecule has 5 nitrogen and oxygen atoms in total. The van der Waals surface area contributed by atoms with Gasteiger partial charge in [-0.3, -0.25) is 14.2 Å². The Labute approximate surface area is 172 Å². The number of nitrogens with one attached hydrogen (secondary N) is 1. The van der Waals surface area contributed by atoms with Crippen molar-refractivity contribution in [3.8, 4) is 11.8 Å². The van der Waals surface area contributed by atoms with E-state index in [0.29, 0.717) is 21.4 Å². The van der Waals surface area contributed by atoms with Crippen LogP contribution in [-0.2, 0) is 4.79 Å². The van der Waals surface area contributed by atoms with Gasteiger partial charge in [-0.2, -0.15) is 5.26 Å². The number of hydrogen-bond acceptors (Lipinski definition) is 4. The predicted molar refractivity (Wildman–Crippen MR) is 116 cm³/mol. The van der Waals surface area contributed by atoms with Gasteiger partial charge in [0, 0.05) is 6.54 Å². The van der Waals surface area contributed by atoms with Crippen LogP contribution in [0, 0.1) is 11.3 Å². The van der Waals surface area contributed by atoms with Crippen LogP contribution in [0.1, 0.15) is 25.3 Å². The Kier molecular flexibility index (Phi) is 6.77. The Bertz CT molecular complexity index is 1200. The number of aromatic nitrogens is 1. The molecular weight excluding hydrogens is 382 g/mol. The molecule has 0 aliphatic carbocycles. The molecule has 0 aliphatic rings. The number of benzene rings is 2. The van der Waals surface area contributed by atoms with Crippen molar-refractivity contribution in [3.63, 3.8) is 0 Å². The molecule has 2 aromatic carbocycles. The van der Waals surface area contributed by atoms with E-state index >= 15 is 0 Å². The number of amides is 1. The second-order valence-electron chi connectivity index (χ2n) is 6.40. The largest absolute Gasteiger partial charge is 0.351 e. The van der Waals surface area contributed by atoms with E-state index in [1.54, 1.807) is 18.2 Å². The number of nitrogens with zero attached hydrogens (tertiary/aromatic N) is 2. The second-order valence-corrected chi connectivity index (χ2v) is 7.43. The van der Waals surface area contributed by atoms with Gasteiger partial charge in [0.05, 0.1) is 10.2 Å². The molecule has 0 saturated heterocycles. The lowest BCUT2D eigenvalue weighted by molar-refractivity contribution is -0.115. The highest BCUT2D eigenvalue weighted by atomic mass is 32.1. The summed E-state index contributed by atoms with van der Waals surface area (Å²) >= 11 is 1.15. The lowest BCUT2D eigenvalue weighted by atomic mass is 10.2. The number of carbonyl (C=O) groups excluding carboxylic acids is 1. The molecule has 0 spiro atoms. The maximum atomic E-state index is 13.2. The fraction of sp³-hybridized carbons (Fsp3) is 0.174. The molecule has 6 heteroatoms. The Morgan fingerprint density at radius 3 is 2.41 bits per heavy atom. The zero-order valence-electron chi connectivity index (χ0n) is 16.1. The molecule has 0 radical (unpaired) electrons. The van der Waals surface area contributed by atoms with Crippen LogP contribution in [0.4, 0.5) is 0 Å². The Balaban J connectivity index is 2.27. The molecule has 0 saturated carbocycles. The fourth-order valence-corrected chi connectivity index (χ4v) is 3.93. The third-order valence-corrected chi connectivity index (χ3v) is 5.40. The van der Waals surface area contributed by atoms with Crippen LogP contribution >= 0.6 is 11.3 Å². The average molecular weight is 404 g/mol. The van der Waals surface area contributed by atoms with Gasteiger partial charge in [0.25, 0.3) is 11.5 Å². The number of thiazole rings is 1. The summed E-state index contributed by atoms with van der Waals surface area (Å²) in [6.07, 6.45) is 3.54.